The van der Waals surface area contributed by atoms with Gasteiger partial charge >= 0.3 is 5.69 Å². The number of aryl methyl sites for hydroxylation is 2. The molecule has 4 N–H and O–H groups in total. The number of pyridine rings is 1. The fourth-order valence-electron chi connectivity index (χ4n) is 4.63. The van der Waals surface area contributed by atoms with E-state index in [0.29, 0.717) is 63.5 Å². The molecule has 3 aromatic heterocycles. The van der Waals surface area contributed by atoms with Crippen molar-refractivity contribution >= 4 is 46.4 Å². The summed E-state index contributed by atoms with van der Waals surface area (Å²) in [6, 6.07) is 17.6. The Morgan fingerprint density at radius 1 is 1.09 bits per heavy atom. The Balaban J connectivity index is 1.32. The summed E-state index contributed by atoms with van der Waals surface area (Å²) < 4.78 is 7.35. The van der Waals surface area contributed by atoms with Gasteiger partial charge in [0.25, 0.3) is 5.91 Å². The second-order valence-electron chi connectivity index (χ2n) is 9.70. The average molecular weight is 620 g/mol. The molecule has 0 fully saturated rings. The number of hydrogen-bond acceptors (Lipinski definition) is 8. The zero-order valence-electron chi connectivity index (χ0n) is 23.0. The van der Waals surface area contributed by atoms with Crippen LogP contribution < -0.4 is 16.4 Å². The van der Waals surface area contributed by atoms with Crippen molar-refractivity contribution in [3.05, 3.63) is 110 Å². The maximum absolute atomic E-state index is 13.6. The van der Waals surface area contributed by atoms with E-state index in [0.717, 1.165) is 11.1 Å². The normalized spacial score (nSPS) is 11.0. The minimum atomic E-state index is -0.578. The predicted octanol–water partition coefficient (Wildman–Crippen LogP) is 6.74. The summed E-state index contributed by atoms with van der Waals surface area (Å²) in [5, 5.41) is 22.2. The van der Waals surface area contributed by atoms with E-state index in [1.807, 2.05) is 48.0 Å². The number of nitrogens with one attached hydrogen (secondary N) is 2. The van der Waals surface area contributed by atoms with Gasteiger partial charge in [-0.25, -0.2) is 4.98 Å². The van der Waals surface area contributed by atoms with Crippen LogP contribution in [-0.4, -0.2) is 32.1 Å². The molecule has 2 aromatic carbocycles. The van der Waals surface area contributed by atoms with E-state index < -0.39 is 4.92 Å². The molecule has 0 bridgehead atoms. The van der Waals surface area contributed by atoms with Crippen LogP contribution in [0.3, 0.4) is 0 Å². The van der Waals surface area contributed by atoms with E-state index in [1.165, 1.54) is 12.1 Å². The lowest BCUT2D eigenvalue weighted by Gasteiger charge is -2.08. The molecule has 3 heterocycles. The number of aromatic nitrogens is 3. The number of nitrogens with two attached hydrogens (primary N) is 1. The Bertz CT molecular complexity index is 1790. The van der Waals surface area contributed by atoms with E-state index in [4.69, 9.17) is 33.5 Å². The van der Waals surface area contributed by atoms with Gasteiger partial charge in [0.1, 0.15) is 17.3 Å². The number of rotatable bonds is 11. The molecule has 0 saturated heterocycles. The number of halogens is 2. The van der Waals surface area contributed by atoms with Crippen LogP contribution >= 0.6 is 23.2 Å². The van der Waals surface area contributed by atoms with Crippen molar-refractivity contribution in [2.24, 2.45) is 0 Å². The van der Waals surface area contributed by atoms with E-state index in [1.54, 1.807) is 24.4 Å². The summed E-state index contributed by atoms with van der Waals surface area (Å²) in [7, 11) is 0. The van der Waals surface area contributed by atoms with Crippen molar-refractivity contribution in [1.82, 2.24) is 20.0 Å². The fraction of sp³-hybridized carbons (Fsp3) is 0.167. The van der Waals surface area contributed by atoms with E-state index in [2.05, 4.69) is 20.8 Å². The minimum absolute atomic E-state index is 0.155. The van der Waals surface area contributed by atoms with Gasteiger partial charge in [-0.3, -0.25) is 14.9 Å². The summed E-state index contributed by atoms with van der Waals surface area (Å²) in [5.41, 5.74) is 9.56. The number of benzene rings is 2. The van der Waals surface area contributed by atoms with Gasteiger partial charge in [-0.15, -0.1) is 0 Å². The number of hydrogen-bond donors (Lipinski definition) is 3. The molecule has 43 heavy (non-hydrogen) atoms. The lowest BCUT2D eigenvalue weighted by molar-refractivity contribution is -0.384. The molecule has 1 amide bonds. The molecule has 0 spiro atoms. The highest BCUT2D eigenvalue weighted by Crippen LogP contribution is 2.34. The highest BCUT2D eigenvalue weighted by molar-refractivity contribution is 6.36. The summed E-state index contributed by atoms with van der Waals surface area (Å²) in [6.45, 7) is 3.09. The number of nitrogens with zero attached hydrogens (tertiary/aromatic N) is 4. The van der Waals surface area contributed by atoms with Gasteiger partial charge in [-0.2, -0.15) is 0 Å². The molecule has 13 heteroatoms. The quantitative estimate of drug-likeness (QED) is 0.0833. The summed E-state index contributed by atoms with van der Waals surface area (Å²) >= 11 is 12.7. The third kappa shape index (κ3) is 6.79. The molecular formula is C30H27Cl2N7O4. The molecular weight excluding hydrogens is 593 g/mol. The Hall–Kier alpha value is -4.87. The molecule has 5 rings (SSSR count). The van der Waals surface area contributed by atoms with Gasteiger partial charge < -0.3 is 25.5 Å². The molecule has 0 aliphatic rings. The number of carbonyl (C=O) groups is 1. The number of amides is 1. The monoisotopic (exact) mass is 619 g/mol. The van der Waals surface area contributed by atoms with Crippen LogP contribution in [0, 0.1) is 17.0 Å². The fourth-order valence-corrected chi connectivity index (χ4v) is 5.14. The molecule has 0 aliphatic carbocycles. The predicted molar refractivity (Wildman–Crippen MR) is 166 cm³/mol. The summed E-state index contributed by atoms with van der Waals surface area (Å²) in [6.07, 6.45) is 4.30. The van der Waals surface area contributed by atoms with Crippen LogP contribution in [0.15, 0.2) is 77.6 Å². The van der Waals surface area contributed by atoms with Crippen LogP contribution in [0.5, 0.6) is 0 Å². The van der Waals surface area contributed by atoms with Crippen LogP contribution in [0.25, 0.3) is 22.4 Å². The molecule has 0 aliphatic heterocycles. The Morgan fingerprint density at radius 2 is 1.88 bits per heavy atom. The number of nitrogen functional groups attached to an aromatic ring is 1. The molecule has 0 unspecified atom stereocenters. The van der Waals surface area contributed by atoms with Gasteiger partial charge in [0.2, 0.25) is 5.82 Å². The van der Waals surface area contributed by atoms with E-state index in [9.17, 15) is 14.9 Å². The second kappa shape index (κ2) is 13.0. The lowest BCUT2D eigenvalue weighted by atomic mass is 10.0. The van der Waals surface area contributed by atoms with E-state index >= 15 is 0 Å². The van der Waals surface area contributed by atoms with Gasteiger partial charge in [0.05, 0.1) is 10.5 Å². The first-order valence-electron chi connectivity index (χ1n) is 13.3. The maximum Gasteiger partial charge on any atom is 0.311 e. The zero-order chi connectivity index (χ0) is 30.5. The third-order valence-electron chi connectivity index (χ3n) is 6.80. The smallest absolute Gasteiger partial charge is 0.311 e. The van der Waals surface area contributed by atoms with Gasteiger partial charge in [-0.05, 0) is 31.5 Å². The van der Waals surface area contributed by atoms with Gasteiger partial charge in [0, 0.05) is 70.4 Å². The zero-order valence-corrected chi connectivity index (χ0v) is 24.5. The van der Waals surface area contributed by atoms with E-state index in [-0.39, 0.29) is 24.0 Å². The Labute approximate surface area is 256 Å². The first-order chi connectivity index (χ1) is 20.7. The van der Waals surface area contributed by atoms with Crippen LogP contribution in [0.4, 0.5) is 17.3 Å². The Morgan fingerprint density at radius 3 is 2.60 bits per heavy atom. The first-order valence-corrected chi connectivity index (χ1v) is 14.1. The molecule has 0 saturated carbocycles. The SMILES string of the molecule is Cc1onc(-c2ccccc2)c1CNC(=O)c1cn(CCCNc2ccc([N+](=O)[O-])c(N)n2)cc1-c1ccc(Cl)cc1Cl. The first kappa shape index (κ1) is 29.6. The molecule has 0 radical (unpaired) electrons. The number of nitro groups is 1. The van der Waals surface area contributed by atoms with Gasteiger partial charge in [0.15, 0.2) is 0 Å². The maximum atomic E-state index is 13.6. The highest BCUT2D eigenvalue weighted by Gasteiger charge is 2.21. The highest BCUT2D eigenvalue weighted by atomic mass is 35.5. The van der Waals surface area contributed by atoms with Crippen molar-refractivity contribution in [1.29, 1.82) is 0 Å². The molecule has 11 nitrogen and oxygen atoms in total. The summed E-state index contributed by atoms with van der Waals surface area (Å²) in [4.78, 5) is 28.0. The largest absolute Gasteiger partial charge is 0.378 e. The standard InChI is InChI=1S/C30H27Cl2N7O4/c1-18-22(28(37-43-18)19-6-3-2-4-7-19)15-35-30(40)24-17-38(16-23(24)21-9-8-20(31)14-25(21)32)13-5-12-34-27-11-10-26(39(41)42)29(33)36-27/h2-4,6-11,14,16-17H,5,12-13,15H2,1H3,(H,35,40)(H3,33,34,36). The average Bonchev–Trinajstić information content (AvgIpc) is 3.57. The molecule has 5 aromatic rings. The molecule has 220 valence electrons. The van der Waals surface area contributed by atoms with Crippen molar-refractivity contribution in [3.63, 3.8) is 0 Å². The third-order valence-corrected chi connectivity index (χ3v) is 7.35. The van der Waals surface area contributed by atoms with Gasteiger partial charge in [-0.1, -0.05) is 64.8 Å². The van der Waals surface area contributed by atoms with Crippen LogP contribution in [0.1, 0.15) is 28.1 Å². The number of anilines is 2. The van der Waals surface area contributed by atoms with Crippen LogP contribution in [-0.2, 0) is 13.1 Å². The number of carbonyl (C=O) groups excluding carboxylic acids is 1. The van der Waals surface area contributed by atoms with Crippen molar-refractivity contribution in [2.75, 3.05) is 17.6 Å². The van der Waals surface area contributed by atoms with Crippen molar-refractivity contribution in [3.8, 4) is 22.4 Å². The topological polar surface area (TPSA) is 154 Å². The second-order valence-corrected chi connectivity index (χ2v) is 10.5. The van der Waals surface area contributed by atoms with Crippen molar-refractivity contribution < 1.29 is 14.2 Å². The van der Waals surface area contributed by atoms with Crippen molar-refractivity contribution in [2.45, 2.75) is 26.4 Å². The lowest BCUT2D eigenvalue weighted by Crippen LogP contribution is -2.23. The summed E-state index contributed by atoms with van der Waals surface area (Å²) in [5.74, 6) is 0.610. The Kier molecular flexibility index (Phi) is 8.93. The van der Waals surface area contributed by atoms with Crippen LogP contribution in [0.2, 0.25) is 10.0 Å². The molecule has 0 atom stereocenters. The minimum Gasteiger partial charge on any atom is -0.378 e.